The highest BCUT2D eigenvalue weighted by Crippen LogP contribution is 2.20. The van der Waals surface area contributed by atoms with Crippen LogP contribution in [0.25, 0.3) is 0 Å². The molecular weight excluding hydrogens is 450 g/mol. The first-order valence-corrected chi connectivity index (χ1v) is 12.0. The molecule has 7 nitrogen and oxygen atoms in total. The molecule has 0 heterocycles. The van der Waals surface area contributed by atoms with Crippen LogP contribution in [0, 0.1) is 10.1 Å². The Morgan fingerprint density at radius 3 is 2.06 bits per heavy atom. The quantitative estimate of drug-likeness (QED) is 0.330. The summed E-state index contributed by atoms with van der Waals surface area (Å²) in [5, 5.41) is 13.5. The Hall–Kier alpha value is -3.65. The molecule has 0 radical (unpaired) electrons. The molecule has 3 rings (SSSR count). The summed E-state index contributed by atoms with van der Waals surface area (Å²) in [6.07, 6.45) is 0.409. The fourth-order valence-electron chi connectivity index (χ4n) is 3.55. The average Bonchev–Trinajstić information content (AvgIpc) is 2.87. The van der Waals surface area contributed by atoms with Crippen LogP contribution in [0.4, 0.5) is 5.69 Å². The molecule has 0 aliphatic heterocycles. The summed E-state index contributed by atoms with van der Waals surface area (Å²) in [5.41, 5.74) is 2.84. The van der Waals surface area contributed by atoms with Crippen LogP contribution >= 0.6 is 11.8 Å². The molecule has 0 saturated heterocycles. The number of nitrogens with zero attached hydrogens (tertiary/aromatic N) is 2. The van der Waals surface area contributed by atoms with Crippen LogP contribution in [-0.4, -0.2) is 40.5 Å². The normalized spacial score (nSPS) is 11.4. The molecule has 0 aliphatic rings. The number of hydrogen-bond acceptors (Lipinski definition) is 5. The number of carbonyl (C=O) groups excluding carboxylic acids is 2. The first-order valence-electron chi connectivity index (χ1n) is 10.9. The summed E-state index contributed by atoms with van der Waals surface area (Å²) in [7, 11) is 1.58. The summed E-state index contributed by atoms with van der Waals surface area (Å²) in [4.78, 5) is 38.3. The van der Waals surface area contributed by atoms with Crippen molar-refractivity contribution in [1.29, 1.82) is 0 Å². The fourth-order valence-corrected chi connectivity index (χ4v) is 4.42. The molecule has 1 atom stereocenters. The minimum Gasteiger partial charge on any atom is -0.357 e. The zero-order valence-electron chi connectivity index (χ0n) is 18.9. The van der Waals surface area contributed by atoms with E-state index in [9.17, 15) is 19.7 Å². The molecule has 0 bridgehead atoms. The maximum Gasteiger partial charge on any atom is 0.269 e. The van der Waals surface area contributed by atoms with E-state index in [-0.39, 0.29) is 23.3 Å². The monoisotopic (exact) mass is 477 g/mol. The number of thioether (sulfide) groups is 1. The zero-order valence-corrected chi connectivity index (χ0v) is 19.7. The van der Waals surface area contributed by atoms with Gasteiger partial charge in [-0.05, 0) is 16.7 Å². The van der Waals surface area contributed by atoms with E-state index in [2.05, 4.69) is 5.32 Å². The number of nitrogens with one attached hydrogen (secondary N) is 1. The van der Waals surface area contributed by atoms with Crippen molar-refractivity contribution in [3.05, 3.63) is 112 Å². The Bertz CT molecular complexity index is 1090. The summed E-state index contributed by atoms with van der Waals surface area (Å²) in [6.45, 7) is 0.322. The van der Waals surface area contributed by atoms with Gasteiger partial charge in [-0.1, -0.05) is 72.8 Å². The van der Waals surface area contributed by atoms with Crippen LogP contribution in [-0.2, 0) is 28.3 Å². The molecule has 0 saturated carbocycles. The third-order valence-electron chi connectivity index (χ3n) is 5.35. The standard InChI is InChI=1S/C26H27N3O4S/c1-27-26(31)24(16-20-8-4-2-5-9-20)28(17-21-10-6-3-7-11-21)25(30)19-34-18-22-12-14-23(15-13-22)29(32)33/h2-15,24H,16-19H2,1H3,(H,27,31)/t24-/m0/s1. The molecule has 0 fully saturated rings. The third-order valence-corrected chi connectivity index (χ3v) is 6.34. The Kier molecular flexibility index (Phi) is 9.22. The van der Waals surface area contributed by atoms with Gasteiger partial charge < -0.3 is 10.2 Å². The molecule has 0 aliphatic carbocycles. The van der Waals surface area contributed by atoms with E-state index < -0.39 is 11.0 Å². The molecule has 8 heteroatoms. The number of nitro groups is 1. The van der Waals surface area contributed by atoms with Crippen LogP contribution in [0.2, 0.25) is 0 Å². The van der Waals surface area contributed by atoms with Gasteiger partial charge in [-0.15, -0.1) is 11.8 Å². The van der Waals surface area contributed by atoms with Crippen LogP contribution in [0.3, 0.4) is 0 Å². The average molecular weight is 478 g/mol. The second-order valence-electron chi connectivity index (χ2n) is 7.74. The first kappa shape index (κ1) is 25.0. The van der Waals surface area contributed by atoms with E-state index in [4.69, 9.17) is 0 Å². The summed E-state index contributed by atoms with van der Waals surface area (Å²) in [5.74, 6) is 0.368. The second-order valence-corrected chi connectivity index (χ2v) is 8.73. The van der Waals surface area contributed by atoms with Crippen molar-refractivity contribution in [1.82, 2.24) is 10.2 Å². The molecule has 34 heavy (non-hydrogen) atoms. The molecule has 2 amide bonds. The molecule has 1 N–H and O–H groups in total. The van der Waals surface area contributed by atoms with Gasteiger partial charge in [-0.2, -0.15) is 0 Å². The Morgan fingerprint density at radius 2 is 1.50 bits per heavy atom. The van der Waals surface area contributed by atoms with E-state index in [1.54, 1.807) is 24.1 Å². The number of likely N-dealkylation sites (N-methyl/N-ethyl adjacent to an activating group) is 1. The van der Waals surface area contributed by atoms with Gasteiger partial charge in [0.15, 0.2) is 0 Å². The topological polar surface area (TPSA) is 92.6 Å². The van der Waals surface area contributed by atoms with Gasteiger partial charge in [0.05, 0.1) is 10.7 Å². The number of nitro benzene ring substituents is 1. The SMILES string of the molecule is CNC(=O)[C@H](Cc1ccccc1)N(Cc1ccccc1)C(=O)CSCc1ccc([N+](=O)[O-])cc1. The highest BCUT2D eigenvalue weighted by atomic mass is 32.2. The highest BCUT2D eigenvalue weighted by Gasteiger charge is 2.29. The van der Waals surface area contributed by atoms with Gasteiger partial charge >= 0.3 is 0 Å². The maximum absolute atomic E-state index is 13.4. The predicted molar refractivity (Wildman–Crippen MR) is 134 cm³/mol. The van der Waals surface area contributed by atoms with Crippen molar-refractivity contribution in [2.24, 2.45) is 0 Å². The van der Waals surface area contributed by atoms with E-state index >= 15 is 0 Å². The number of amides is 2. The van der Waals surface area contributed by atoms with E-state index in [1.165, 1.54) is 23.9 Å². The summed E-state index contributed by atoms with van der Waals surface area (Å²) >= 11 is 1.42. The lowest BCUT2D eigenvalue weighted by atomic mass is 10.0. The van der Waals surface area contributed by atoms with Crippen molar-refractivity contribution >= 4 is 29.3 Å². The lowest BCUT2D eigenvalue weighted by molar-refractivity contribution is -0.384. The summed E-state index contributed by atoms with van der Waals surface area (Å²) < 4.78 is 0. The smallest absolute Gasteiger partial charge is 0.269 e. The van der Waals surface area contributed by atoms with E-state index in [0.29, 0.717) is 18.7 Å². The van der Waals surface area contributed by atoms with E-state index in [0.717, 1.165) is 16.7 Å². The van der Waals surface area contributed by atoms with Gasteiger partial charge in [-0.3, -0.25) is 19.7 Å². The number of rotatable bonds is 11. The molecular formula is C26H27N3O4S. The number of non-ortho nitro benzene ring substituents is 1. The van der Waals surface area contributed by atoms with Gasteiger partial charge in [0, 0.05) is 37.9 Å². The zero-order chi connectivity index (χ0) is 24.3. The molecule has 0 unspecified atom stereocenters. The van der Waals surface area contributed by atoms with Gasteiger partial charge in [0.25, 0.3) is 5.69 Å². The highest BCUT2D eigenvalue weighted by molar-refractivity contribution is 7.99. The summed E-state index contributed by atoms with van der Waals surface area (Å²) in [6, 6.07) is 24.9. The van der Waals surface area contributed by atoms with E-state index in [1.807, 2.05) is 60.7 Å². The maximum atomic E-state index is 13.4. The molecule has 0 aromatic heterocycles. The number of benzene rings is 3. The molecule has 0 spiro atoms. The Balaban J connectivity index is 1.75. The van der Waals surface area contributed by atoms with Gasteiger partial charge in [0.1, 0.15) is 6.04 Å². The third kappa shape index (κ3) is 7.18. The van der Waals surface area contributed by atoms with Crippen LogP contribution in [0.15, 0.2) is 84.9 Å². The Morgan fingerprint density at radius 1 is 0.912 bits per heavy atom. The first-order chi connectivity index (χ1) is 16.5. The van der Waals surface area contributed by atoms with Crippen molar-refractivity contribution in [2.75, 3.05) is 12.8 Å². The predicted octanol–water partition coefficient (Wildman–Crippen LogP) is 4.21. The molecule has 3 aromatic carbocycles. The van der Waals surface area contributed by atoms with Crippen molar-refractivity contribution in [3.8, 4) is 0 Å². The lowest BCUT2D eigenvalue weighted by Gasteiger charge is -2.31. The number of hydrogen-bond donors (Lipinski definition) is 1. The minimum absolute atomic E-state index is 0.0354. The van der Waals surface area contributed by atoms with Crippen molar-refractivity contribution < 1.29 is 14.5 Å². The van der Waals surface area contributed by atoms with Crippen LogP contribution in [0.1, 0.15) is 16.7 Å². The number of carbonyl (C=O) groups is 2. The Labute approximate surface area is 203 Å². The molecule has 3 aromatic rings. The second kappa shape index (κ2) is 12.6. The molecule has 176 valence electrons. The van der Waals surface area contributed by atoms with Gasteiger partial charge in [0.2, 0.25) is 11.8 Å². The van der Waals surface area contributed by atoms with Crippen molar-refractivity contribution in [2.45, 2.75) is 24.8 Å². The van der Waals surface area contributed by atoms with Crippen LogP contribution < -0.4 is 5.32 Å². The lowest BCUT2D eigenvalue weighted by Crippen LogP contribution is -2.50. The van der Waals surface area contributed by atoms with Crippen molar-refractivity contribution in [3.63, 3.8) is 0 Å². The fraction of sp³-hybridized carbons (Fsp3) is 0.231. The largest absolute Gasteiger partial charge is 0.357 e. The van der Waals surface area contributed by atoms with Crippen LogP contribution in [0.5, 0.6) is 0 Å². The minimum atomic E-state index is -0.653. The van der Waals surface area contributed by atoms with Gasteiger partial charge in [-0.25, -0.2) is 0 Å².